The van der Waals surface area contributed by atoms with Crippen LogP contribution in [0.2, 0.25) is 0 Å². The number of carbonyl (C=O) groups is 1. The van der Waals surface area contributed by atoms with Crippen molar-refractivity contribution in [2.24, 2.45) is 5.10 Å². The average Bonchev–Trinajstić information content (AvgIpc) is 3.20. The summed E-state index contributed by atoms with van der Waals surface area (Å²) in [6, 6.07) is 14.5. The van der Waals surface area contributed by atoms with Crippen LogP contribution >= 0.6 is 0 Å². The molecule has 2 aliphatic heterocycles. The first-order chi connectivity index (χ1) is 15.0. The Bertz CT molecular complexity index is 946. The van der Waals surface area contributed by atoms with Crippen LogP contribution in [0.1, 0.15) is 60.9 Å². The zero-order valence-electron chi connectivity index (χ0n) is 18.9. The normalized spacial score (nSPS) is 19.4. The number of likely N-dealkylation sites (tertiary alicyclic amines) is 1. The van der Waals surface area contributed by atoms with E-state index < -0.39 is 0 Å². The van der Waals surface area contributed by atoms with Crippen LogP contribution in [-0.4, -0.2) is 47.8 Å². The maximum absolute atomic E-state index is 13.3. The number of ether oxygens (including phenoxy) is 1. The number of amides is 1. The number of hydrazone groups is 1. The zero-order chi connectivity index (χ0) is 21.8. The van der Waals surface area contributed by atoms with Crippen LogP contribution in [0, 0.1) is 13.8 Å². The molecule has 0 saturated carbocycles. The molecule has 5 heteroatoms. The van der Waals surface area contributed by atoms with Crippen molar-refractivity contribution in [3.05, 3.63) is 64.7 Å². The quantitative estimate of drug-likeness (QED) is 0.671. The summed E-state index contributed by atoms with van der Waals surface area (Å²) >= 11 is 0. The van der Waals surface area contributed by atoms with Gasteiger partial charge in [-0.2, -0.15) is 5.10 Å². The third-order valence-electron chi connectivity index (χ3n) is 6.24. The van der Waals surface area contributed by atoms with Gasteiger partial charge in [0.25, 0.3) is 5.91 Å². The Morgan fingerprint density at radius 3 is 2.48 bits per heavy atom. The Balaban J connectivity index is 1.61. The van der Waals surface area contributed by atoms with Crippen LogP contribution in [0.4, 0.5) is 0 Å². The maximum Gasteiger partial charge on any atom is 0.257 e. The van der Waals surface area contributed by atoms with Crippen molar-refractivity contribution in [3.63, 3.8) is 0 Å². The van der Waals surface area contributed by atoms with E-state index in [2.05, 4.69) is 49.1 Å². The summed E-state index contributed by atoms with van der Waals surface area (Å²) in [5, 5.41) is 6.61. The monoisotopic (exact) mass is 419 g/mol. The topological polar surface area (TPSA) is 45.1 Å². The lowest BCUT2D eigenvalue weighted by atomic mass is 9.95. The van der Waals surface area contributed by atoms with Crippen molar-refractivity contribution in [3.8, 4) is 5.75 Å². The summed E-state index contributed by atoms with van der Waals surface area (Å²) in [6.07, 6.45) is 4.33. The molecule has 0 bridgehead atoms. The number of carbonyl (C=O) groups excluding carboxylic acids is 1. The number of hydrogen-bond acceptors (Lipinski definition) is 4. The van der Waals surface area contributed by atoms with Crippen molar-refractivity contribution in [2.45, 2.75) is 52.5 Å². The highest BCUT2D eigenvalue weighted by Gasteiger charge is 2.34. The van der Waals surface area contributed by atoms with Gasteiger partial charge in [0.2, 0.25) is 0 Å². The summed E-state index contributed by atoms with van der Waals surface area (Å²) in [5.41, 5.74) is 5.66. The summed E-state index contributed by atoms with van der Waals surface area (Å²) in [7, 11) is 0. The Hall–Kier alpha value is -2.66. The van der Waals surface area contributed by atoms with E-state index in [1.165, 1.54) is 30.4 Å². The molecule has 0 unspecified atom stereocenters. The predicted octanol–water partition coefficient (Wildman–Crippen LogP) is 4.87. The second-order valence-electron chi connectivity index (χ2n) is 8.66. The molecule has 2 aromatic rings. The fraction of sp³-hybridized carbons (Fsp3) is 0.462. The van der Waals surface area contributed by atoms with Gasteiger partial charge in [-0.15, -0.1) is 0 Å². The summed E-state index contributed by atoms with van der Waals surface area (Å²) in [5.74, 6) is 0.937. The van der Waals surface area contributed by atoms with E-state index in [1.807, 2.05) is 19.1 Å². The highest BCUT2D eigenvalue weighted by molar-refractivity contribution is 6.04. The molecule has 1 amide bonds. The molecular formula is C26H33N3O2. The lowest BCUT2D eigenvalue weighted by Gasteiger charge is -2.29. The lowest BCUT2D eigenvalue weighted by Crippen LogP contribution is -2.40. The van der Waals surface area contributed by atoms with E-state index >= 15 is 0 Å². The van der Waals surface area contributed by atoms with Crippen LogP contribution in [0.5, 0.6) is 5.75 Å². The van der Waals surface area contributed by atoms with Gasteiger partial charge in [0.15, 0.2) is 0 Å². The minimum atomic E-state index is -0.0799. The third kappa shape index (κ3) is 4.99. The SMILES string of the molecule is CCOc1ccc([C@H]2CC(c3ccc(C)cc3C)=NN2C(=O)CN2CCCCC2)cc1. The number of hydrogen-bond donors (Lipinski definition) is 0. The predicted molar refractivity (Wildman–Crippen MR) is 125 cm³/mol. The van der Waals surface area contributed by atoms with Gasteiger partial charge in [-0.1, -0.05) is 42.3 Å². The average molecular weight is 420 g/mol. The minimum absolute atomic E-state index is 0.0799. The number of rotatable bonds is 6. The van der Waals surface area contributed by atoms with Crippen LogP contribution in [-0.2, 0) is 4.79 Å². The van der Waals surface area contributed by atoms with Crippen molar-refractivity contribution in [1.82, 2.24) is 9.91 Å². The third-order valence-corrected chi connectivity index (χ3v) is 6.24. The Morgan fingerprint density at radius 2 is 1.81 bits per heavy atom. The number of nitrogens with zero attached hydrogens (tertiary/aromatic N) is 3. The van der Waals surface area contributed by atoms with Crippen LogP contribution < -0.4 is 4.74 Å². The molecule has 1 saturated heterocycles. The van der Waals surface area contributed by atoms with Crippen LogP contribution in [0.3, 0.4) is 0 Å². The first-order valence-electron chi connectivity index (χ1n) is 11.5. The fourth-order valence-electron chi connectivity index (χ4n) is 4.63. The van der Waals surface area contributed by atoms with Gasteiger partial charge in [-0.05, 0) is 70.0 Å². The molecule has 31 heavy (non-hydrogen) atoms. The van der Waals surface area contributed by atoms with Gasteiger partial charge >= 0.3 is 0 Å². The van der Waals surface area contributed by atoms with E-state index in [9.17, 15) is 4.79 Å². The van der Waals surface area contributed by atoms with Gasteiger partial charge in [-0.25, -0.2) is 5.01 Å². The zero-order valence-corrected chi connectivity index (χ0v) is 18.9. The second kappa shape index (κ2) is 9.65. The Morgan fingerprint density at radius 1 is 1.06 bits per heavy atom. The van der Waals surface area contributed by atoms with E-state index in [-0.39, 0.29) is 11.9 Å². The molecule has 0 aliphatic carbocycles. The number of aryl methyl sites for hydroxylation is 2. The molecule has 164 valence electrons. The molecule has 0 radical (unpaired) electrons. The first kappa shape index (κ1) is 21.6. The number of benzene rings is 2. The van der Waals surface area contributed by atoms with E-state index in [0.29, 0.717) is 13.2 Å². The van der Waals surface area contributed by atoms with E-state index in [0.717, 1.165) is 42.1 Å². The van der Waals surface area contributed by atoms with E-state index in [1.54, 1.807) is 5.01 Å². The lowest BCUT2D eigenvalue weighted by molar-refractivity contribution is -0.134. The van der Waals surface area contributed by atoms with Crippen molar-refractivity contribution in [1.29, 1.82) is 0 Å². The molecular weight excluding hydrogens is 386 g/mol. The maximum atomic E-state index is 13.3. The van der Waals surface area contributed by atoms with Gasteiger partial charge < -0.3 is 4.74 Å². The first-order valence-corrected chi connectivity index (χ1v) is 11.5. The molecule has 1 fully saturated rings. The van der Waals surface area contributed by atoms with E-state index in [4.69, 9.17) is 9.84 Å². The molecule has 0 aromatic heterocycles. The molecule has 4 rings (SSSR count). The molecule has 0 N–H and O–H groups in total. The van der Waals surface area contributed by atoms with Crippen LogP contribution in [0.25, 0.3) is 0 Å². The van der Waals surface area contributed by atoms with Gasteiger partial charge in [0, 0.05) is 12.0 Å². The molecule has 2 aliphatic rings. The molecule has 5 nitrogen and oxygen atoms in total. The van der Waals surface area contributed by atoms with Crippen molar-refractivity contribution < 1.29 is 9.53 Å². The van der Waals surface area contributed by atoms with Gasteiger partial charge in [0.05, 0.1) is 24.9 Å². The molecule has 2 aromatic carbocycles. The van der Waals surface area contributed by atoms with Crippen molar-refractivity contribution in [2.75, 3.05) is 26.2 Å². The number of piperidine rings is 1. The molecule has 1 atom stereocenters. The smallest absolute Gasteiger partial charge is 0.257 e. The largest absolute Gasteiger partial charge is 0.494 e. The summed E-state index contributed by atoms with van der Waals surface area (Å²) in [6.45, 7) is 9.29. The molecule has 0 spiro atoms. The summed E-state index contributed by atoms with van der Waals surface area (Å²) in [4.78, 5) is 15.6. The summed E-state index contributed by atoms with van der Waals surface area (Å²) < 4.78 is 5.60. The Kier molecular flexibility index (Phi) is 6.71. The second-order valence-corrected chi connectivity index (χ2v) is 8.66. The highest BCUT2D eigenvalue weighted by atomic mass is 16.5. The van der Waals surface area contributed by atoms with Gasteiger partial charge in [0.1, 0.15) is 5.75 Å². The van der Waals surface area contributed by atoms with Crippen LogP contribution in [0.15, 0.2) is 47.6 Å². The molecule has 2 heterocycles. The van der Waals surface area contributed by atoms with Gasteiger partial charge in [-0.3, -0.25) is 9.69 Å². The fourth-order valence-corrected chi connectivity index (χ4v) is 4.63. The Labute approximate surface area is 185 Å². The van der Waals surface area contributed by atoms with Crippen molar-refractivity contribution >= 4 is 11.6 Å². The standard InChI is InChI=1S/C26H33N3O2/c1-4-31-22-11-9-21(10-12-22)25-17-24(23-13-8-19(2)16-20(23)3)27-29(25)26(30)18-28-14-6-5-7-15-28/h8-13,16,25H,4-7,14-15,17-18H2,1-3H3/t25-/m1/s1. The highest BCUT2D eigenvalue weighted by Crippen LogP contribution is 2.34. The minimum Gasteiger partial charge on any atom is -0.494 e.